The first-order valence-electron chi connectivity index (χ1n) is 7.57. The molecule has 0 fully saturated rings. The van der Waals surface area contributed by atoms with Gasteiger partial charge in [-0.2, -0.15) is 0 Å². The van der Waals surface area contributed by atoms with Crippen LogP contribution in [0.15, 0.2) is 24.3 Å². The lowest BCUT2D eigenvalue weighted by Crippen LogP contribution is -1.98. The Labute approximate surface area is 127 Å². The molecule has 0 saturated heterocycles. The van der Waals surface area contributed by atoms with Crippen molar-refractivity contribution in [3.8, 4) is 23.7 Å². The molecule has 1 N–H and O–H groups in total. The second-order valence-corrected chi connectivity index (χ2v) is 4.92. The SMILES string of the molecule is CCCCCCCCC#CC#Cc1ccccc1C(=O)O. The molecular weight excluding hydrogens is 260 g/mol. The summed E-state index contributed by atoms with van der Waals surface area (Å²) in [6, 6.07) is 6.72. The maximum Gasteiger partial charge on any atom is 0.336 e. The summed E-state index contributed by atoms with van der Waals surface area (Å²) in [5.74, 6) is 10.4. The molecule has 2 heteroatoms. The van der Waals surface area contributed by atoms with Gasteiger partial charge in [-0.3, -0.25) is 0 Å². The van der Waals surface area contributed by atoms with Gasteiger partial charge in [-0.25, -0.2) is 4.79 Å². The van der Waals surface area contributed by atoms with Crippen molar-refractivity contribution in [3.63, 3.8) is 0 Å². The minimum absolute atomic E-state index is 0.225. The number of carboxylic acids is 1. The minimum atomic E-state index is -0.958. The Hall–Kier alpha value is -2.19. The molecule has 0 unspecified atom stereocenters. The van der Waals surface area contributed by atoms with E-state index in [0.717, 1.165) is 12.8 Å². The summed E-state index contributed by atoms with van der Waals surface area (Å²) in [6.07, 6.45) is 8.39. The molecule has 0 aromatic heterocycles. The molecule has 0 saturated carbocycles. The van der Waals surface area contributed by atoms with Crippen molar-refractivity contribution in [2.24, 2.45) is 0 Å². The van der Waals surface area contributed by atoms with Crippen LogP contribution in [-0.2, 0) is 0 Å². The molecule has 0 aliphatic heterocycles. The van der Waals surface area contributed by atoms with Crippen LogP contribution in [0, 0.1) is 23.7 Å². The number of aromatic carboxylic acids is 1. The third-order valence-electron chi connectivity index (χ3n) is 3.16. The van der Waals surface area contributed by atoms with E-state index in [9.17, 15) is 4.79 Å². The van der Waals surface area contributed by atoms with Crippen molar-refractivity contribution in [2.75, 3.05) is 0 Å². The fourth-order valence-corrected chi connectivity index (χ4v) is 1.98. The van der Waals surface area contributed by atoms with Crippen molar-refractivity contribution < 1.29 is 9.90 Å². The summed E-state index contributed by atoms with van der Waals surface area (Å²) in [7, 11) is 0. The highest BCUT2D eigenvalue weighted by molar-refractivity contribution is 5.90. The zero-order chi connectivity index (χ0) is 15.3. The summed E-state index contributed by atoms with van der Waals surface area (Å²) in [5.41, 5.74) is 0.738. The standard InChI is InChI=1S/C19H22O2/c1-2-3-4-5-6-7-8-9-10-11-14-17-15-12-13-16-18(17)19(20)21/h12-13,15-16H,2-8H2,1H3,(H,20,21). The molecule has 2 nitrogen and oxygen atoms in total. The number of unbranched alkanes of at least 4 members (excludes halogenated alkanes) is 6. The van der Waals surface area contributed by atoms with E-state index in [2.05, 4.69) is 30.6 Å². The van der Waals surface area contributed by atoms with Crippen LogP contribution in [0.4, 0.5) is 0 Å². The normalized spacial score (nSPS) is 9.19. The number of carbonyl (C=O) groups is 1. The van der Waals surface area contributed by atoms with Gasteiger partial charge in [-0.15, -0.1) is 0 Å². The van der Waals surface area contributed by atoms with Crippen molar-refractivity contribution in [1.29, 1.82) is 0 Å². The van der Waals surface area contributed by atoms with E-state index in [1.807, 2.05) is 0 Å². The molecule has 0 spiro atoms. The van der Waals surface area contributed by atoms with E-state index in [-0.39, 0.29) is 5.56 Å². The topological polar surface area (TPSA) is 37.3 Å². The summed E-state index contributed by atoms with van der Waals surface area (Å²) < 4.78 is 0. The van der Waals surface area contributed by atoms with Gasteiger partial charge in [0, 0.05) is 12.0 Å². The first kappa shape index (κ1) is 16.9. The highest BCUT2D eigenvalue weighted by Gasteiger charge is 2.05. The second-order valence-electron chi connectivity index (χ2n) is 4.92. The van der Waals surface area contributed by atoms with Crippen LogP contribution in [0.3, 0.4) is 0 Å². The van der Waals surface area contributed by atoms with E-state index in [1.54, 1.807) is 24.3 Å². The van der Waals surface area contributed by atoms with Crippen LogP contribution in [0.1, 0.15) is 67.8 Å². The van der Waals surface area contributed by atoms with Gasteiger partial charge in [0.05, 0.1) is 5.56 Å². The largest absolute Gasteiger partial charge is 0.478 e. The Morgan fingerprint density at radius 3 is 2.52 bits per heavy atom. The quantitative estimate of drug-likeness (QED) is 0.591. The highest BCUT2D eigenvalue weighted by Crippen LogP contribution is 2.07. The van der Waals surface area contributed by atoms with E-state index in [0.29, 0.717) is 5.56 Å². The lowest BCUT2D eigenvalue weighted by Gasteiger charge is -1.96. The Morgan fingerprint density at radius 1 is 1.05 bits per heavy atom. The molecule has 0 aliphatic rings. The lowest BCUT2D eigenvalue weighted by molar-refractivity contribution is 0.0696. The third kappa shape index (κ3) is 7.23. The van der Waals surface area contributed by atoms with E-state index in [1.165, 1.54) is 32.1 Å². The van der Waals surface area contributed by atoms with Gasteiger partial charge in [0.1, 0.15) is 0 Å². The smallest absolute Gasteiger partial charge is 0.336 e. The average molecular weight is 282 g/mol. The number of rotatable bonds is 7. The van der Waals surface area contributed by atoms with E-state index >= 15 is 0 Å². The maximum atomic E-state index is 11.0. The van der Waals surface area contributed by atoms with Crippen LogP contribution in [0.2, 0.25) is 0 Å². The van der Waals surface area contributed by atoms with Gasteiger partial charge in [-0.1, -0.05) is 63.0 Å². The van der Waals surface area contributed by atoms with Gasteiger partial charge < -0.3 is 5.11 Å². The first-order chi connectivity index (χ1) is 10.3. The fourth-order valence-electron chi connectivity index (χ4n) is 1.98. The Balaban J connectivity index is 2.37. The molecule has 0 bridgehead atoms. The fraction of sp³-hybridized carbons (Fsp3) is 0.421. The zero-order valence-electron chi connectivity index (χ0n) is 12.6. The number of hydrogen-bond acceptors (Lipinski definition) is 1. The summed E-state index contributed by atoms with van der Waals surface area (Å²) in [6.45, 7) is 2.21. The molecule has 21 heavy (non-hydrogen) atoms. The van der Waals surface area contributed by atoms with Crippen molar-refractivity contribution in [2.45, 2.75) is 51.9 Å². The minimum Gasteiger partial charge on any atom is -0.478 e. The van der Waals surface area contributed by atoms with Gasteiger partial charge in [0.2, 0.25) is 0 Å². The van der Waals surface area contributed by atoms with Gasteiger partial charge in [-0.05, 0) is 30.4 Å². The number of carboxylic acid groups (broad SMARTS) is 1. The van der Waals surface area contributed by atoms with Crippen molar-refractivity contribution in [3.05, 3.63) is 35.4 Å². The molecule has 0 amide bonds. The van der Waals surface area contributed by atoms with Gasteiger partial charge in [0.15, 0.2) is 0 Å². The maximum absolute atomic E-state index is 11.0. The predicted molar refractivity (Wildman–Crippen MR) is 86.0 cm³/mol. The molecule has 0 heterocycles. The van der Waals surface area contributed by atoms with Crippen LogP contribution in [0.5, 0.6) is 0 Å². The Kier molecular flexibility index (Phi) is 8.50. The molecule has 1 aromatic carbocycles. The zero-order valence-corrected chi connectivity index (χ0v) is 12.6. The summed E-state index contributed by atoms with van der Waals surface area (Å²) >= 11 is 0. The summed E-state index contributed by atoms with van der Waals surface area (Å²) in [4.78, 5) is 11.0. The molecule has 1 aromatic rings. The molecule has 110 valence electrons. The highest BCUT2D eigenvalue weighted by atomic mass is 16.4. The molecular formula is C19H22O2. The molecule has 1 rings (SSSR count). The lowest BCUT2D eigenvalue weighted by atomic mass is 10.1. The monoisotopic (exact) mass is 282 g/mol. The summed E-state index contributed by atoms with van der Waals surface area (Å²) in [5, 5.41) is 9.02. The number of hydrogen-bond donors (Lipinski definition) is 1. The van der Waals surface area contributed by atoms with Crippen molar-refractivity contribution >= 4 is 5.97 Å². The van der Waals surface area contributed by atoms with Crippen LogP contribution in [-0.4, -0.2) is 11.1 Å². The third-order valence-corrected chi connectivity index (χ3v) is 3.16. The molecule has 0 atom stereocenters. The predicted octanol–water partition coefficient (Wildman–Crippen LogP) is 4.49. The molecule has 0 aliphatic carbocycles. The van der Waals surface area contributed by atoms with Gasteiger partial charge >= 0.3 is 5.97 Å². The van der Waals surface area contributed by atoms with E-state index in [4.69, 9.17) is 5.11 Å². The van der Waals surface area contributed by atoms with Gasteiger partial charge in [0.25, 0.3) is 0 Å². The average Bonchev–Trinajstić information content (AvgIpc) is 2.49. The Morgan fingerprint density at radius 2 is 1.76 bits per heavy atom. The second kappa shape index (κ2) is 10.6. The Bertz CT molecular complexity index is 564. The molecule has 0 radical (unpaired) electrons. The van der Waals surface area contributed by atoms with Crippen LogP contribution >= 0.6 is 0 Å². The van der Waals surface area contributed by atoms with Crippen molar-refractivity contribution in [1.82, 2.24) is 0 Å². The first-order valence-corrected chi connectivity index (χ1v) is 7.57. The van der Waals surface area contributed by atoms with Crippen LogP contribution in [0.25, 0.3) is 0 Å². The van der Waals surface area contributed by atoms with E-state index < -0.39 is 5.97 Å². The van der Waals surface area contributed by atoms with Crippen LogP contribution < -0.4 is 0 Å². The number of benzene rings is 1.